The summed E-state index contributed by atoms with van der Waals surface area (Å²) in [5.41, 5.74) is 2.71. The second-order valence-electron chi connectivity index (χ2n) is 8.09. The van der Waals surface area contributed by atoms with Gasteiger partial charge < -0.3 is 14.8 Å². The fourth-order valence-electron chi connectivity index (χ4n) is 3.53. The lowest BCUT2D eigenvalue weighted by molar-refractivity contribution is -0.129. The number of aryl methyl sites for hydroxylation is 2. The van der Waals surface area contributed by atoms with Gasteiger partial charge in [-0.05, 0) is 69.5 Å². The number of amides is 1. The highest BCUT2D eigenvalue weighted by Gasteiger charge is 2.35. The second-order valence-corrected chi connectivity index (χ2v) is 8.50. The summed E-state index contributed by atoms with van der Waals surface area (Å²) in [5, 5.41) is 3.86. The molecule has 1 aliphatic rings. The second kappa shape index (κ2) is 8.04. The predicted molar refractivity (Wildman–Crippen MR) is 112 cm³/mol. The molecule has 2 aromatic rings. The van der Waals surface area contributed by atoms with Gasteiger partial charge in [0.25, 0.3) is 5.91 Å². The van der Waals surface area contributed by atoms with E-state index in [1.165, 1.54) is 0 Å². The quantitative estimate of drug-likeness (QED) is 0.716. The van der Waals surface area contributed by atoms with Gasteiger partial charge in [-0.3, -0.25) is 4.79 Å². The first-order valence-corrected chi connectivity index (χ1v) is 10.1. The zero-order valence-electron chi connectivity index (χ0n) is 17.1. The van der Waals surface area contributed by atoms with E-state index in [0.29, 0.717) is 23.6 Å². The number of rotatable bonds is 5. The molecule has 0 bridgehead atoms. The van der Waals surface area contributed by atoms with E-state index in [9.17, 15) is 4.79 Å². The molecule has 1 aliphatic heterocycles. The number of fused-ring (bicyclic) bond motifs is 1. The minimum absolute atomic E-state index is 0.114. The van der Waals surface area contributed by atoms with Crippen LogP contribution in [0.5, 0.6) is 11.5 Å². The molecule has 0 aromatic heterocycles. The van der Waals surface area contributed by atoms with E-state index in [1.807, 2.05) is 58.9 Å². The van der Waals surface area contributed by atoms with Crippen LogP contribution in [0.2, 0.25) is 5.02 Å². The Balaban J connectivity index is 1.77. The molecule has 4 nitrogen and oxygen atoms in total. The Hall–Kier alpha value is -2.20. The van der Waals surface area contributed by atoms with Gasteiger partial charge >= 0.3 is 0 Å². The molecule has 2 unspecified atom stereocenters. The first kappa shape index (κ1) is 20.5. The van der Waals surface area contributed by atoms with Gasteiger partial charge in [0.05, 0.1) is 6.04 Å². The standard InChI is InChI=1S/C23H28ClNO3/c1-6-20(27-16-8-10-18(24)15(3)12-16)22(26)25-19-13-23(4,5)28-21-11-14(2)7-9-17(19)21/h7-12,19-20H,6,13H2,1-5H3,(H,25,26). The Morgan fingerprint density at radius 2 is 2.04 bits per heavy atom. The van der Waals surface area contributed by atoms with E-state index in [4.69, 9.17) is 21.1 Å². The van der Waals surface area contributed by atoms with Crippen molar-refractivity contribution in [2.45, 2.75) is 65.2 Å². The average Bonchev–Trinajstić information content (AvgIpc) is 2.61. The minimum Gasteiger partial charge on any atom is -0.487 e. The van der Waals surface area contributed by atoms with Gasteiger partial charge in [0.2, 0.25) is 0 Å². The van der Waals surface area contributed by atoms with Crippen molar-refractivity contribution in [1.29, 1.82) is 0 Å². The molecule has 0 radical (unpaired) electrons. The fraction of sp³-hybridized carbons (Fsp3) is 0.435. The van der Waals surface area contributed by atoms with E-state index in [1.54, 1.807) is 12.1 Å². The first-order valence-electron chi connectivity index (χ1n) is 9.71. The lowest BCUT2D eigenvalue weighted by Gasteiger charge is -2.38. The van der Waals surface area contributed by atoms with Crippen LogP contribution >= 0.6 is 11.6 Å². The Bertz CT molecular complexity index is 878. The van der Waals surface area contributed by atoms with Crippen molar-refractivity contribution in [2.24, 2.45) is 0 Å². The summed E-state index contributed by atoms with van der Waals surface area (Å²) in [5.74, 6) is 1.36. The topological polar surface area (TPSA) is 47.6 Å². The van der Waals surface area contributed by atoms with Gasteiger partial charge in [-0.15, -0.1) is 0 Å². The molecule has 2 aromatic carbocycles. The van der Waals surface area contributed by atoms with Crippen LogP contribution in [0.15, 0.2) is 36.4 Å². The van der Waals surface area contributed by atoms with Crippen LogP contribution in [0.3, 0.4) is 0 Å². The van der Waals surface area contributed by atoms with Gasteiger partial charge in [0.15, 0.2) is 6.10 Å². The van der Waals surface area contributed by atoms with Crippen molar-refractivity contribution in [3.8, 4) is 11.5 Å². The third-order valence-corrected chi connectivity index (χ3v) is 5.44. The molecule has 5 heteroatoms. The van der Waals surface area contributed by atoms with Crippen LogP contribution in [0, 0.1) is 13.8 Å². The molecule has 0 saturated carbocycles. The highest BCUT2D eigenvalue weighted by atomic mass is 35.5. The van der Waals surface area contributed by atoms with Crippen molar-refractivity contribution < 1.29 is 14.3 Å². The van der Waals surface area contributed by atoms with E-state index in [2.05, 4.69) is 5.32 Å². The van der Waals surface area contributed by atoms with Crippen LogP contribution in [0.1, 0.15) is 56.3 Å². The smallest absolute Gasteiger partial charge is 0.261 e. The van der Waals surface area contributed by atoms with Gasteiger partial charge in [-0.1, -0.05) is 30.7 Å². The van der Waals surface area contributed by atoms with E-state index in [0.717, 1.165) is 22.4 Å². The van der Waals surface area contributed by atoms with Gasteiger partial charge in [-0.25, -0.2) is 0 Å². The summed E-state index contributed by atoms with van der Waals surface area (Å²) >= 11 is 6.08. The summed E-state index contributed by atoms with van der Waals surface area (Å²) in [6, 6.07) is 11.4. The van der Waals surface area contributed by atoms with Crippen molar-refractivity contribution in [2.75, 3.05) is 0 Å². The maximum absolute atomic E-state index is 13.0. The summed E-state index contributed by atoms with van der Waals surface area (Å²) in [6.45, 7) is 9.98. The Morgan fingerprint density at radius 1 is 1.29 bits per heavy atom. The molecule has 1 heterocycles. The zero-order valence-corrected chi connectivity index (χ0v) is 17.9. The maximum atomic E-state index is 13.0. The van der Waals surface area contributed by atoms with Crippen LogP contribution < -0.4 is 14.8 Å². The number of hydrogen-bond donors (Lipinski definition) is 1. The lowest BCUT2D eigenvalue weighted by atomic mass is 9.89. The number of halogens is 1. The highest BCUT2D eigenvalue weighted by molar-refractivity contribution is 6.31. The van der Waals surface area contributed by atoms with Crippen molar-refractivity contribution in [1.82, 2.24) is 5.32 Å². The van der Waals surface area contributed by atoms with Crippen molar-refractivity contribution >= 4 is 17.5 Å². The molecule has 1 amide bonds. The summed E-state index contributed by atoms with van der Waals surface area (Å²) < 4.78 is 12.1. The molecule has 2 atom stereocenters. The number of benzene rings is 2. The van der Waals surface area contributed by atoms with E-state index >= 15 is 0 Å². The number of hydrogen-bond acceptors (Lipinski definition) is 3. The first-order chi connectivity index (χ1) is 13.2. The maximum Gasteiger partial charge on any atom is 0.261 e. The van der Waals surface area contributed by atoms with E-state index < -0.39 is 6.10 Å². The Kier molecular flexibility index (Phi) is 5.90. The van der Waals surface area contributed by atoms with Crippen LogP contribution in [-0.2, 0) is 4.79 Å². The van der Waals surface area contributed by atoms with Crippen LogP contribution in [0.4, 0.5) is 0 Å². The number of carbonyl (C=O) groups excluding carboxylic acids is 1. The van der Waals surface area contributed by atoms with E-state index in [-0.39, 0.29) is 17.6 Å². The number of nitrogens with one attached hydrogen (secondary N) is 1. The number of ether oxygens (including phenoxy) is 2. The SMILES string of the molecule is CCC(Oc1ccc(Cl)c(C)c1)C(=O)NC1CC(C)(C)Oc2cc(C)ccc21. The van der Waals surface area contributed by atoms with Crippen LogP contribution in [-0.4, -0.2) is 17.6 Å². The average molecular weight is 402 g/mol. The van der Waals surface area contributed by atoms with Crippen LogP contribution in [0.25, 0.3) is 0 Å². The number of carbonyl (C=O) groups is 1. The molecule has 0 saturated heterocycles. The Morgan fingerprint density at radius 3 is 2.71 bits per heavy atom. The molecular weight excluding hydrogens is 374 g/mol. The molecule has 150 valence electrons. The molecule has 0 fully saturated rings. The molecule has 0 aliphatic carbocycles. The Labute approximate surface area is 172 Å². The molecule has 1 N–H and O–H groups in total. The highest BCUT2D eigenvalue weighted by Crippen LogP contribution is 2.40. The molecule has 3 rings (SSSR count). The monoisotopic (exact) mass is 401 g/mol. The third-order valence-electron chi connectivity index (χ3n) is 5.01. The van der Waals surface area contributed by atoms with Gasteiger partial charge in [0, 0.05) is 17.0 Å². The molecule has 28 heavy (non-hydrogen) atoms. The molecular formula is C23H28ClNO3. The van der Waals surface area contributed by atoms with Gasteiger partial charge in [-0.2, -0.15) is 0 Å². The largest absolute Gasteiger partial charge is 0.487 e. The summed E-state index contributed by atoms with van der Waals surface area (Å²) in [6.07, 6.45) is 0.701. The van der Waals surface area contributed by atoms with Crippen molar-refractivity contribution in [3.63, 3.8) is 0 Å². The fourth-order valence-corrected chi connectivity index (χ4v) is 3.65. The minimum atomic E-state index is -0.569. The summed E-state index contributed by atoms with van der Waals surface area (Å²) in [4.78, 5) is 13.0. The van der Waals surface area contributed by atoms with Gasteiger partial charge in [0.1, 0.15) is 17.1 Å². The lowest BCUT2D eigenvalue weighted by Crippen LogP contribution is -2.45. The summed E-state index contributed by atoms with van der Waals surface area (Å²) in [7, 11) is 0. The predicted octanol–water partition coefficient (Wildman–Crippen LogP) is 5.53. The zero-order chi connectivity index (χ0) is 20.5. The molecule has 0 spiro atoms. The third kappa shape index (κ3) is 4.61. The van der Waals surface area contributed by atoms with Crippen molar-refractivity contribution in [3.05, 3.63) is 58.1 Å². The normalized spacial score (nSPS) is 18.6.